The van der Waals surface area contributed by atoms with Gasteiger partial charge >= 0.3 is 6.36 Å². The molecule has 0 saturated heterocycles. The molecule has 2 N–H and O–H groups in total. The average molecular weight is 433 g/mol. The fourth-order valence-electron chi connectivity index (χ4n) is 3.24. The van der Waals surface area contributed by atoms with Crippen LogP contribution in [-0.4, -0.2) is 38.2 Å². The number of anilines is 1. The number of benzene rings is 1. The summed E-state index contributed by atoms with van der Waals surface area (Å²) in [6, 6.07) is 4.84. The van der Waals surface area contributed by atoms with Gasteiger partial charge in [0, 0.05) is 0 Å². The molecule has 0 saturated carbocycles. The topological polar surface area (TPSA) is 124 Å². The highest BCUT2D eigenvalue weighted by atomic mass is 19.4. The van der Waals surface area contributed by atoms with Crippen molar-refractivity contribution in [2.75, 3.05) is 5.73 Å². The van der Waals surface area contributed by atoms with E-state index in [2.05, 4.69) is 19.9 Å². The maximum Gasteiger partial charge on any atom is 0.573 e. The van der Waals surface area contributed by atoms with E-state index in [9.17, 15) is 22.8 Å². The van der Waals surface area contributed by atoms with E-state index in [1.807, 2.05) is 0 Å². The van der Waals surface area contributed by atoms with Gasteiger partial charge in [0.1, 0.15) is 5.75 Å². The van der Waals surface area contributed by atoms with Crippen molar-refractivity contribution in [1.29, 1.82) is 0 Å². The van der Waals surface area contributed by atoms with Crippen molar-refractivity contribution in [1.82, 2.24) is 20.0 Å². The van der Waals surface area contributed by atoms with E-state index in [-0.39, 0.29) is 40.6 Å². The molecule has 0 aliphatic carbocycles. The minimum atomic E-state index is -4.82. The number of halogens is 3. The van der Waals surface area contributed by atoms with E-state index in [0.717, 1.165) is 17.0 Å². The molecule has 0 radical (unpaired) electrons. The molecule has 0 fully saturated rings. The van der Waals surface area contributed by atoms with Gasteiger partial charge in [0.25, 0.3) is 17.7 Å². The van der Waals surface area contributed by atoms with E-state index in [4.69, 9.17) is 10.3 Å². The highest BCUT2D eigenvalue weighted by Gasteiger charge is 2.41. The summed E-state index contributed by atoms with van der Waals surface area (Å²) < 4.78 is 45.8. The molecule has 0 spiro atoms. The van der Waals surface area contributed by atoms with Gasteiger partial charge in [-0.1, -0.05) is 17.3 Å². The lowest BCUT2D eigenvalue weighted by atomic mass is 10.0. The van der Waals surface area contributed by atoms with Crippen molar-refractivity contribution in [3.05, 3.63) is 52.5 Å². The lowest BCUT2D eigenvalue weighted by molar-refractivity contribution is -0.274. The Morgan fingerprint density at radius 2 is 1.71 bits per heavy atom. The second-order valence-electron chi connectivity index (χ2n) is 6.74. The molecule has 3 heterocycles. The number of carbonyl (C=O) groups is 2. The summed E-state index contributed by atoms with van der Waals surface area (Å²) in [7, 11) is 0. The number of hydrogen-bond acceptors (Lipinski definition) is 8. The molecule has 1 aliphatic heterocycles. The molecule has 0 atom stereocenters. The first-order valence-electron chi connectivity index (χ1n) is 8.87. The molecule has 2 amide bonds. The number of fused-ring (bicyclic) bond motifs is 1. The van der Waals surface area contributed by atoms with Gasteiger partial charge in [0.15, 0.2) is 11.5 Å². The number of rotatable bonds is 4. The van der Waals surface area contributed by atoms with Crippen LogP contribution in [0, 0.1) is 13.8 Å². The third-order valence-corrected chi connectivity index (χ3v) is 4.56. The summed E-state index contributed by atoms with van der Waals surface area (Å²) in [5, 5.41) is 3.67. The van der Waals surface area contributed by atoms with Gasteiger partial charge in [-0.05, 0) is 31.5 Å². The Bertz CT molecular complexity index is 1200. The summed E-state index contributed by atoms with van der Waals surface area (Å²) >= 11 is 0. The molecule has 3 aromatic rings. The van der Waals surface area contributed by atoms with Crippen LogP contribution in [0.15, 0.2) is 28.8 Å². The molecular weight excluding hydrogens is 419 g/mol. The standard InChI is InChI=1S/C19H14F3N5O4/c1-8-12-13(14(23)15(24-8)16-25-9(2)26-31-16)18(29)27(17(12)28)7-10-3-5-11(6-4-10)30-19(20,21)22/h3-6H,7,23H2,1-2H3. The number of alkyl halides is 3. The SMILES string of the molecule is Cc1noc(-c2nc(C)c3c(c2N)C(=O)N(Cc2ccc(OC(F)(F)F)cc2)C3=O)n1. The maximum atomic E-state index is 13.0. The fourth-order valence-corrected chi connectivity index (χ4v) is 3.24. The minimum absolute atomic E-state index is 0.0138. The zero-order valence-corrected chi connectivity index (χ0v) is 16.1. The van der Waals surface area contributed by atoms with Gasteiger partial charge in [-0.25, -0.2) is 4.98 Å². The molecule has 9 nitrogen and oxygen atoms in total. The fraction of sp³-hybridized carbons (Fsp3) is 0.211. The van der Waals surface area contributed by atoms with Gasteiger partial charge in [0.2, 0.25) is 0 Å². The summed E-state index contributed by atoms with van der Waals surface area (Å²) in [6.45, 7) is 2.97. The van der Waals surface area contributed by atoms with Crippen molar-refractivity contribution in [2.45, 2.75) is 26.8 Å². The second-order valence-corrected chi connectivity index (χ2v) is 6.74. The normalized spacial score (nSPS) is 13.6. The maximum absolute atomic E-state index is 13.0. The first kappa shape index (κ1) is 20.3. The number of aromatic nitrogens is 3. The summed E-state index contributed by atoms with van der Waals surface area (Å²) in [5.74, 6) is -1.32. The molecule has 2 aromatic heterocycles. The van der Waals surface area contributed by atoms with Crippen molar-refractivity contribution < 1.29 is 32.0 Å². The predicted octanol–water partition coefficient (Wildman–Crippen LogP) is 3.03. The summed E-state index contributed by atoms with van der Waals surface area (Å²) in [4.78, 5) is 35.1. The van der Waals surface area contributed by atoms with Crippen LogP contribution in [-0.2, 0) is 6.54 Å². The smallest absolute Gasteiger partial charge is 0.406 e. The number of nitrogen functional groups attached to an aromatic ring is 1. The monoisotopic (exact) mass is 433 g/mol. The molecule has 1 aliphatic rings. The van der Waals surface area contributed by atoms with E-state index in [1.165, 1.54) is 12.1 Å². The number of imide groups is 1. The van der Waals surface area contributed by atoms with Gasteiger partial charge in [0.05, 0.1) is 29.1 Å². The number of ether oxygens (including phenoxy) is 1. The number of nitrogens with two attached hydrogens (primary N) is 1. The van der Waals surface area contributed by atoms with Gasteiger partial charge in [-0.15, -0.1) is 13.2 Å². The Balaban J connectivity index is 1.64. The van der Waals surface area contributed by atoms with Gasteiger partial charge in [-0.2, -0.15) is 4.98 Å². The van der Waals surface area contributed by atoms with E-state index >= 15 is 0 Å². The van der Waals surface area contributed by atoms with E-state index in [1.54, 1.807) is 13.8 Å². The molecule has 31 heavy (non-hydrogen) atoms. The first-order valence-corrected chi connectivity index (χ1v) is 8.87. The van der Waals surface area contributed by atoms with Crippen LogP contribution < -0.4 is 10.5 Å². The van der Waals surface area contributed by atoms with Gasteiger partial charge < -0.3 is 15.0 Å². The number of amides is 2. The number of aryl methyl sites for hydroxylation is 2. The summed E-state index contributed by atoms with van der Waals surface area (Å²) in [6.07, 6.45) is -4.82. The third-order valence-electron chi connectivity index (χ3n) is 4.56. The zero-order chi connectivity index (χ0) is 22.5. The molecule has 0 bridgehead atoms. The van der Waals surface area contributed by atoms with Gasteiger partial charge in [-0.3, -0.25) is 14.5 Å². The quantitative estimate of drug-likeness (QED) is 0.623. The van der Waals surface area contributed by atoms with Crippen LogP contribution in [0.1, 0.15) is 37.8 Å². The molecular formula is C19H14F3N5O4. The lowest BCUT2D eigenvalue weighted by Crippen LogP contribution is -2.29. The average Bonchev–Trinajstić information content (AvgIpc) is 3.22. The predicted molar refractivity (Wildman–Crippen MR) is 98.7 cm³/mol. The highest BCUT2D eigenvalue weighted by molar-refractivity contribution is 6.24. The Morgan fingerprint density at radius 3 is 2.29 bits per heavy atom. The number of nitrogens with zero attached hydrogens (tertiary/aromatic N) is 4. The largest absolute Gasteiger partial charge is 0.573 e. The van der Waals surface area contributed by atoms with Crippen LogP contribution >= 0.6 is 0 Å². The number of carbonyl (C=O) groups excluding carboxylic acids is 2. The number of pyridine rings is 1. The molecule has 4 rings (SSSR count). The Morgan fingerprint density at radius 1 is 1.06 bits per heavy atom. The first-order chi connectivity index (χ1) is 14.5. The summed E-state index contributed by atoms with van der Waals surface area (Å²) in [5.41, 5.74) is 6.84. The van der Waals surface area contributed by atoms with Crippen LogP contribution in [0.25, 0.3) is 11.6 Å². The zero-order valence-electron chi connectivity index (χ0n) is 16.1. The molecule has 0 unspecified atom stereocenters. The number of hydrogen-bond donors (Lipinski definition) is 1. The second kappa shape index (κ2) is 7.07. The third kappa shape index (κ3) is 3.67. The van der Waals surface area contributed by atoms with Crippen LogP contribution in [0.3, 0.4) is 0 Å². The Hall–Kier alpha value is -3.96. The Kier molecular flexibility index (Phi) is 4.64. The highest BCUT2D eigenvalue weighted by Crippen LogP contribution is 2.36. The van der Waals surface area contributed by atoms with Crippen molar-refractivity contribution in [2.24, 2.45) is 0 Å². The van der Waals surface area contributed by atoms with Crippen molar-refractivity contribution in [3.63, 3.8) is 0 Å². The van der Waals surface area contributed by atoms with Crippen molar-refractivity contribution in [3.8, 4) is 17.3 Å². The molecule has 1 aromatic carbocycles. The van der Waals surface area contributed by atoms with E-state index < -0.39 is 23.9 Å². The molecule has 160 valence electrons. The minimum Gasteiger partial charge on any atom is -0.406 e. The van der Waals surface area contributed by atoms with Crippen LogP contribution in [0.4, 0.5) is 18.9 Å². The Labute approximate surface area is 172 Å². The molecule has 12 heteroatoms. The van der Waals surface area contributed by atoms with Crippen molar-refractivity contribution >= 4 is 17.5 Å². The van der Waals surface area contributed by atoms with Crippen LogP contribution in [0.2, 0.25) is 0 Å². The van der Waals surface area contributed by atoms with Crippen LogP contribution in [0.5, 0.6) is 5.75 Å². The lowest BCUT2D eigenvalue weighted by Gasteiger charge is -2.14. The van der Waals surface area contributed by atoms with E-state index in [0.29, 0.717) is 11.4 Å².